The first-order valence-corrected chi connectivity index (χ1v) is 10.0. The van der Waals surface area contributed by atoms with Gasteiger partial charge in [-0.2, -0.15) is 5.10 Å². The van der Waals surface area contributed by atoms with Crippen LogP contribution in [0.1, 0.15) is 63.6 Å². The maximum atomic E-state index is 12.0. The summed E-state index contributed by atoms with van der Waals surface area (Å²) >= 11 is 0. The summed E-state index contributed by atoms with van der Waals surface area (Å²) in [6.07, 6.45) is 9.43. The van der Waals surface area contributed by atoms with Gasteiger partial charge in [-0.05, 0) is 52.0 Å². The van der Waals surface area contributed by atoms with Gasteiger partial charge in [-0.3, -0.25) is 9.78 Å². The van der Waals surface area contributed by atoms with Gasteiger partial charge in [0.15, 0.2) is 0 Å². The van der Waals surface area contributed by atoms with Gasteiger partial charge < -0.3 is 10.2 Å². The number of anilines is 2. The Bertz CT molecular complexity index is 844. The molecule has 1 atom stereocenters. The highest BCUT2D eigenvalue weighted by molar-refractivity contribution is 5.45. The third-order valence-electron chi connectivity index (χ3n) is 5.42. The maximum absolute atomic E-state index is 12.0. The molecule has 1 unspecified atom stereocenters. The summed E-state index contributed by atoms with van der Waals surface area (Å²) in [7, 11) is 0. The zero-order valence-electron chi connectivity index (χ0n) is 16.1. The van der Waals surface area contributed by atoms with Crippen LogP contribution in [-0.2, 0) is 0 Å². The third kappa shape index (κ3) is 3.96. The van der Waals surface area contributed by atoms with Crippen molar-refractivity contribution in [3.05, 3.63) is 40.6 Å². The zero-order valence-corrected chi connectivity index (χ0v) is 16.1. The van der Waals surface area contributed by atoms with Crippen LogP contribution < -0.4 is 15.8 Å². The topological polar surface area (TPSA) is 75.9 Å². The number of hydrogen-bond donors (Lipinski definition) is 1. The number of piperidine rings is 1. The first-order valence-electron chi connectivity index (χ1n) is 10.0. The lowest BCUT2D eigenvalue weighted by molar-refractivity contribution is 0.451. The van der Waals surface area contributed by atoms with E-state index in [9.17, 15) is 4.79 Å². The van der Waals surface area contributed by atoms with E-state index < -0.39 is 0 Å². The van der Waals surface area contributed by atoms with Gasteiger partial charge in [0, 0.05) is 43.5 Å². The van der Waals surface area contributed by atoms with Gasteiger partial charge in [0.25, 0.3) is 5.56 Å². The number of hydrogen-bond acceptors (Lipinski definition) is 6. The largest absolute Gasteiger partial charge is 0.366 e. The molecule has 2 fully saturated rings. The molecule has 1 aliphatic carbocycles. The van der Waals surface area contributed by atoms with Gasteiger partial charge in [-0.15, -0.1) is 0 Å². The molecule has 1 N–H and O–H groups in total. The monoisotopic (exact) mass is 368 g/mol. The predicted molar refractivity (Wildman–Crippen MR) is 106 cm³/mol. The summed E-state index contributed by atoms with van der Waals surface area (Å²) in [5.41, 5.74) is 1.06. The molecule has 0 amide bonds. The molecule has 1 saturated heterocycles. The van der Waals surface area contributed by atoms with E-state index in [0.717, 1.165) is 43.3 Å². The van der Waals surface area contributed by atoms with Crippen molar-refractivity contribution in [1.29, 1.82) is 0 Å². The Balaban J connectivity index is 1.52. The number of nitrogens with one attached hydrogen (secondary N) is 1. The smallest absolute Gasteiger partial charge is 0.267 e. The highest BCUT2D eigenvalue weighted by atomic mass is 16.1. The van der Waals surface area contributed by atoms with E-state index in [1.807, 2.05) is 19.9 Å². The van der Waals surface area contributed by atoms with Gasteiger partial charge in [-0.25, -0.2) is 9.67 Å². The van der Waals surface area contributed by atoms with Crippen LogP contribution in [0.25, 0.3) is 0 Å². The van der Waals surface area contributed by atoms with E-state index in [2.05, 4.69) is 25.3 Å². The van der Waals surface area contributed by atoms with E-state index in [1.165, 1.54) is 19.3 Å². The molecule has 2 aromatic rings. The molecule has 1 aliphatic heterocycles. The van der Waals surface area contributed by atoms with E-state index in [4.69, 9.17) is 0 Å². The van der Waals surface area contributed by atoms with E-state index in [0.29, 0.717) is 12.0 Å². The summed E-state index contributed by atoms with van der Waals surface area (Å²) in [6.45, 7) is 5.74. The molecule has 0 bridgehead atoms. The quantitative estimate of drug-likeness (QED) is 0.845. The third-order valence-corrected chi connectivity index (χ3v) is 5.42. The van der Waals surface area contributed by atoms with E-state index in [-0.39, 0.29) is 11.6 Å². The standard InChI is InChI=1S/C20H28N6O/c1-14(2)26-18(27)9-8-17(24-26)25-12-4-3-5-16(25)13-23-20-19(15-6-7-15)21-10-11-22-20/h8-11,14-16H,3-7,12-13H2,1-2H3,(H,22,23). The Hall–Kier alpha value is -2.44. The summed E-state index contributed by atoms with van der Waals surface area (Å²) in [4.78, 5) is 23.4. The van der Waals surface area contributed by atoms with Crippen molar-refractivity contribution in [2.45, 2.75) is 64.0 Å². The Morgan fingerprint density at radius 2 is 1.96 bits per heavy atom. The lowest BCUT2D eigenvalue weighted by Gasteiger charge is -2.37. The van der Waals surface area contributed by atoms with Crippen LogP contribution in [0.5, 0.6) is 0 Å². The molecule has 0 radical (unpaired) electrons. The van der Waals surface area contributed by atoms with Crippen molar-refractivity contribution in [2.75, 3.05) is 23.3 Å². The molecule has 144 valence electrons. The Labute approximate surface area is 159 Å². The first kappa shape index (κ1) is 17.9. The minimum Gasteiger partial charge on any atom is -0.366 e. The van der Waals surface area contributed by atoms with E-state index in [1.54, 1.807) is 23.1 Å². The van der Waals surface area contributed by atoms with Gasteiger partial charge in [-0.1, -0.05) is 0 Å². The number of aromatic nitrogens is 4. The molecular formula is C20H28N6O. The molecule has 0 aromatic carbocycles. The van der Waals surface area contributed by atoms with E-state index >= 15 is 0 Å². The highest BCUT2D eigenvalue weighted by Crippen LogP contribution is 2.41. The molecule has 2 aliphatic rings. The molecule has 4 rings (SSSR count). The highest BCUT2D eigenvalue weighted by Gasteiger charge is 2.29. The Kier molecular flexibility index (Phi) is 5.09. The van der Waals surface area contributed by atoms with Gasteiger partial charge >= 0.3 is 0 Å². The normalized spacial score (nSPS) is 20.1. The van der Waals surface area contributed by atoms with Crippen LogP contribution in [0.15, 0.2) is 29.3 Å². The molecule has 7 heteroatoms. The molecule has 2 aromatic heterocycles. The van der Waals surface area contributed by atoms with Crippen molar-refractivity contribution >= 4 is 11.6 Å². The summed E-state index contributed by atoms with van der Waals surface area (Å²) in [5, 5.41) is 8.17. The zero-order chi connectivity index (χ0) is 18.8. The second-order valence-electron chi connectivity index (χ2n) is 7.86. The van der Waals surface area contributed by atoms with Crippen molar-refractivity contribution < 1.29 is 0 Å². The first-order chi connectivity index (χ1) is 13.1. The summed E-state index contributed by atoms with van der Waals surface area (Å²) < 4.78 is 1.57. The Morgan fingerprint density at radius 3 is 2.74 bits per heavy atom. The average Bonchev–Trinajstić information content (AvgIpc) is 3.52. The van der Waals surface area contributed by atoms with Gasteiger partial charge in [0.05, 0.1) is 11.7 Å². The van der Waals surface area contributed by atoms with Crippen LogP contribution >= 0.6 is 0 Å². The number of nitrogens with zero attached hydrogens (tertiary/aromatic N) is 5. The van der Waals surface area contributed by atoms with Gasteiger partial charge in [0.1, 0.15) is 11.6 Å². The fraction of sp³-hybridized carbons (Fsp3) is 0.600. The molecule has 3 heterocycles. The van der Waals surface area contributed by atoms with Crippen molar-refractivity contribution in [3.8, 4) is 0 Å². The minimum atomic E-state index is -0.0472. The molecule has 27 heavy (non-hydrogen) atoms. The van der Waals surface area contributed by atoms with Crippen molar-refractivity contribution in [2.24, 2.45) is 0 Å². The summed E-state index contributed by atoms with van der Waals surface area (Å²) in [6, 6.07) is 3.88. The number of rotatable bonds is 6. The average molecular weight is 368 g/mol. The lowest BCUT2D eigenvalue weighted by atomic mass is 10.0. The fourth-order valence-corrected chi connectivity index (χ4v) is 3.81. The van der Waals surface area contributed by atoms with Crippen LogP contribution in [0.2, 0.25) is 0 Å². The lowest BCUT2D eigenvalue weighted by Crippen LogP contribution is -2.45. The van der Waals surface area contributed by atoms with Crippen LogP contribution in [-0.4, -0.2) is 38.9 Å². The molecular weight excluding hydrogens is 340 g/mol. The fourth-order valence-electron chi connectivity index (χ4n) is 3.81. The maximum Gasteiger partial charge on any atom is 0.267 e. The second-order valence-corrected chi connectivity index (χ2v) is 7.86. The van der Waals surface area contributed by atoms with Crippen LogP contribution in [0.4, 0.5) is 11.6 Å². The Morgan fingerprint density at radius 1 is 1.15 bits per heavy atom. The van der Waals surface area contributed by atoms with Crippen molar-refractivity contribution in [1.82, 2.24) is 19.7 Å². The molecule has 1 saturated carbocycles. The summed E-state index contributed by atoms with van der Waals surface area (Å²) in [5.74, 6) is 2.38. The molecule has 7 nitrogen and oxygen atoms in total. The minimum absolute atomic E-state index is 0.0472. The second kappa shape index (κ2) is 7.66. The van der Waals surface area contributed by atoms with Crippen molar-refractivity contribution in [3.63, 3.8) is 0 Å². The molecule has 0 spiro atoms. The predicted octanol–water partition coefficient (Wildman–Crippen LogP) is 2.96. The SMILES string of the molecule is CC(C)n1nc(N2CCCCC2CNc2nccnc2C2CC2)ccc1=O. The van der Waals surface area contributed by atoms with Crippen LogP contribution in [0.3, 0.4) is 0 Å². The van der Waals surface area contributed by atoms with Crippen LogP contribution in [0, 0.1) is 0 Å². The van der Waals surface area contributed by atoms with Gasteiger partial charge in [0.2, 0.25) is 0 Å².